The zero-order valence-electron chi connectivity index (χ0n) is 30.8. The molecule has 270 valence electrons. The summed E-state index contributed by atoms with van der Waals surface area (Å²) in [6.45, 7) is 0. The smallest absolute Gasteiger partial charge is 0.159 e. The highest BCUT2D eigenvalue weighted by Gasteiger charge is 2.25. The van der Waals surface area contributed by atoms with Gasteiger partial charge in [0.25, 0.3) is 0 Å². The summed E-state index contributed by atoms with van der Waals surface area (Å²) >= 11 is 0. The molecule has 1 aliphatic heterocycles. The molecular formula is C51H34N4O2. The van der Waals surface area contributed by atoms with Crippen molar-refractivity contribution < 1.29 is 8.83 Å². The molecule has 6 nitrogen and oxygen atoms in total. The van der Waals surface area contributed by atoms with Crippen LogP contribution in [-0.2, 0) is 0 Å². The maximum atomic E-state index is 6.66. The molecule has 10 aromatic rings. The summed E-state index contributed by atoms with van der Waals surface area (Å²) in [5.41, 5.74) is 12.1. The lowest BCUT2D eigenvalue weighted by atomic mass is 10.00. The summed E-state index contributed by atoms with van der Waals surface area (Å²) in [6.07, 6.45) is 8.25. The number of hydrogen-bond acceptors (Lipinski definition) is 5. The SMILES string of the molecule is C1=CC(C2=NC(c3ccccc3)=NC(c3cccc4c3oc3ccc(-c5ccc6c(c5)oc5ccc(-n7c8ccccc8c8ccccc87)cc56)cc34)N2)=CCC1. The number of aromatic nitrogens is 1. The van der Waals surface area contributed by atoms with Gasteiger partial charge in [0.05, 0.1) is 11.0 Å². The van der Waals surface area contributed by atoms with Crippen LogP contribution in [0.3, 0.4) is 0 Å². The zero-order valence-corrected chi connectivity index (χ0v) is 30.8. The first-order valence-corrected chi connectivity index (χ1v) is 19.5. The number of fused-ring (bicyclic) bond motifs is 9. The molecule has 1 aliphatic carbocycles. The predicted octanol–water partition coefficient (Wildman–Crippen LogP) is 13.0. The van der Waals surface area contributed by atoms with Gasteiger partial charge in [-0.3, -0.25) is 0 Å². The third kappa shape index (κ3) is 5.11. The second-order valence-corrected chi connectivity index (χ2v) is 14.9. The van der Waals surface area contributed by atoms with Crippen LogP contribution in [0.1, 0.15) is 30.1 Å². The van der Waals surface area contributed by atoms with E-state index in [0.717, 1.165) is 96.1 Å². The lowest BCUT2D eigenvalue weighted by Gasteiger charge is -2.24. The Labute approximate surface area is 327 Å². The Morgan fingerprint density at radius 2 is 1.26 bits per heavy atom. The normalized spacial score (nSPS) is 15.8. The summed E-state index contributed by atoms with van der Waals surface area (Å²) in [5.74, 6) is 1.53. The van der Waals surface area contributed by atoms with Crippen molar-refractivity contribution in [1.82, 2.24) is 9.88 Å². The molecule has 6 heteroatoms. The van der Waals surface area contributed by atoms with E-state index in [0.29, 0.717) is 5.84 Å². The van der Waals surface area contributed by atoms with Gasteiger partial charge in [0.15, 0.2) is 12.0 Å². The van der Waals surface area contributed by atoms with Crippen LogP contribution in [0.5, 0.6) is 0 Å². The van der Waals surface area contributed by atoms with Gasteiger partial charge in [0.1, 0.15) is 28.2 Å². The number of hydrogen-bond donors (Lipinski definition) is 1. The Hall–Kier alpha value is -7.44. The molecule has 1 atom stereocenters. The van der Waals surface area contributed by atoms with Crippen LogP contribution in [0.2, 0.25) is 0 Å². The number of amidine groups is 2. The molecular weight excluding hydrogens is 701 g/mol. The third-order valence-electron chi connectivity index (χ3n) is 11.5. The van der Waals surface area contributed by atoms with Gasteiger partial charge in [-0.25, -0.2) is 9.98 Å². The number of nitrogens with zero attached hydrogens (tertiary/aromatic N) is 3. The summed E-state index contributed by atoms with van der Waals surface area (Å²) in [6, 6.07) is 53.2. The number of allylic oxidation sites excluding steroid dienone is 2. The van der Waals surface area contributed by atoms with Crippen molar-refractivity contribution in [2.45, 2.75) is 19.0 Å². The Kier molecular flexibility index (Phi) is 7.01. The van der Waals surface area contributed by atoms with Gasteiger partial charge >= 0.3 is 0 Å². The van der Waals surface area contributed by atoms with Crippen LogP contribution >= 0.6 is 0 Å². The van der Waals surface area contributed by atoms with Gasteiger partial charge in [-0.1, -0.05) is 115 Å². The van der Waals surface area contributed by atoms with E-state index in [1.54, 1.807) is 0 Å². The van der Waals surface area contributed by atoms with Crippen molar-refractivity contribution in [2.75, 3.05) is 0 Å². The molecule has 3 aromatic heterocycles. The van der Waals surface area contributed by atoms with Crippen molar-refractivity contribution in [1.29, 1.82) is 0 Å². The van der Waals surface area contributed by atoms with Gasteiger partial charge in [-0.05, 0) is 78.6 Å². The summed E-state index contributed by atoms with van der Waals surface area (Å²) in [7, 11) is 0. The summed E-state index contributed by atoms with van der Waals surface area (Å²) in [4.78, 5) is 10.1. The zero-order chi connectivity index (χ0) is 37.5. The van der Waals surface area contributed by atoms with Gasteiger partial charge in [-0.15, -0.1) is 0 Å². The molecule has 1 N–H and O–H groups in total. The Bertz CT molecular complexity index is 3340. The molecule has 12 rings (SSSR count). The van der Waals surface area contributed by atoms with Gasteiger partial charge in [0.2, 0.25) is 0 Å². The average molecular weight is 735 g/mol. The molecule has 2 aliphatic rings. The van der Waals surface area contributed by atoms with E-state index < -0.39 is 0 Å². The van der Waals surface area contributed by atoms with Crippen LogP contribution in [0.25, 0.3) is 82.5 Å². The minimum atomic E-state index is -0.376. The standard InChI is InChI=1S/C51H34N4O2/c1-3-12-31(13-4-1)49-52-50(32-14-5-2-6-15-32)54-51(53-49)40-19-11-18-39-41-28-33(23-26-46(41)57-48(39)40)34-22-25-38-42-30-35(24-27-45(42)56-47(38)29-34)55-43-20-9-7-16-36(43)37-17-8-10-21-44(37)55/h1,3-5,7-30,51H,2,6H2,(H,52,53,54). The number of furan rings is 2. The number of aliphatic imine (C=N–C) groups is 2. The minimum Gasteiger partial charge on any atom is -0.456 e. The fourth-order valence-electron chi connectivity index (χ4n) is 8.76. The molecule has 0 spiro atoms. The molecule has 57 heavy (non-hydrogen) atoms. The molecule has 4 heterocycles. The fraction of sp³-hybridized carbons (Fsp3) is 0.0588. The Morgan fingerprint density at radius 3 is 2.09 bits per heavy atom. The first-order chi connectivity index (χ1) is 28.2. The van der Waals surface area contributed by atoms with E-state index in [-0.39, 0.29) is 6.17 Å². The maximum absolute atomic E-state index is 6.66. The van der Waals surface area contributed by atoms with Crippen molar-refractivity contribution >= 4 is 77.4 Å². The van der Waals surface area contributed by atoms with E-state index >= 15 is 0 Å². The number of benzene rings is 7. The van der Waals surface area contributed by atoms with E-state index in [4.69, 9.17) is 18.8 Å². The van der Waals surface area contributed by atoms with Crippen molar-refractivity contribution in [3.05, 3.63) is 187 Å². The summed E-state index contributed by atoms with van der Waals surface area (Å²) in [5, 5.41) is 10.4. The predicted molar refractivity (Wildman–Crippen MR) is 234 cm³/mol. The van der Waals surface area contributed by atoms with Crippen LogP contribution in [0.4, 0.5) is 0 Å². The Morgan fingerprint density at radius 1 is 0.544 bits per heavy atom. The summed E-state index contributed by atoms with van der Waals surface area (Å²) < 4.78 is 15.5. The van der Waals surface area contributed by atoms with E-state index in [1.807, 2.05) is 18.2 Å². The first-order valence-electron chi connectivity index (χ1n) is 19.5. The highest BCUT2D eigenvalue weighted by Crippen LogP contribution is 2.40. The van der Waals surface area contributed by atoms with Crippen LogP contribution in [0, 0.1) is 0 Å². The lowest BCUT2D eigenvalue weighted by Crippen LogP contribution is -2.34. The largest absolute Gasteiger partial charge is 0.456 e. The van der Waals surface area contributed by atoms with Gasteiger partial charge in [-0.2, -0.15) is 0 Å². The van der Waals surface area contributed by atoms with Crippen LogP contribution in [-0.4, -0.2) is 16.2 Å². The number of para-hydroxylation sites is 3. The molecule has 0 radical (unpaired) electrons. The highest BCUT2D eigenvalue weighted by molar-refractivity contribution is 6.15. The van der Waals surface area contributed by atoms with Crippen molar-refractivity contribution in [3.8, 4) is 16.8 Å². The second kappa shape index (κ2) is 12.5. The highest BCUT2D eigenvalue weighted by atomic mass is 16.3. The van der Waals surface area contributed by atoms with E-state index in [9.17, 15) is 0 Å². The molecule has 0 bridgehead atoms. The maximum Gasteiger partial charge on any atom is 0.159 e. The van der Waals surface area contributed by atoms with Crippen LogP contribution < -0.4 is 5.32 Å². The van der Waals surface area contributed by atoms with Gasteiger partial charge < -0.3 is 18.7 Å². The average Bonchev–Trinajstić information content (AvgIpc) is 3.95. The monoisotopic (exact) mass is 734 g/mol. The minimum absolute atomic E-state index is 0.376. The number of rotatable bonds is 5. The topological polar surface area (TPSA) is 68.0 Å². The molecule has 1 unspecified atom stereocenters. The molecule has 0 saturated carbocycles. The quantitative estimate of drug-likeness (QED) is 0.191. The fourth-order valence-corrected chi connectivity index (χ4v) is 8.76. The molecule has 0 saturated heterocycles. The molecule has 0 fully saturated rings. The molecule has 0 amide bonds. The van der Waals surface area contributed by atoms with Crippen molar-refractivity contribution in [3.63, 3.8) is 0 Å². The third-order valence-corrected chi connectivity index (χ3v) is 11.5. The second-order valence-electron chi connectivity index (χ2n) is 14.9. The van der Waals surface area contributed by atoms with E-state index in [2.05, 4.69) is 162 Å². The lowest BCUT2D eigenvalue weighted by molar-refractivity contribution is 0.628. The number of nitrogens with one attached hydrogen (secondary N) is 1. The Balaban J connectivity index is 0.928. The van der Waals surface area contributed by atoms with Crippen molar-refractivity contribution in [2.24, 2.45) is 9.98 Å². The van der Waals surface area contributed by atoms with Gasteiger partial charge in [0, 0.05) is 54.7 Å². The van der Waals surface area contributed by atoms with E-state index in [1.165, 1.54) is 21.8 Å². The van der Waals surface area contributed by atoms with Crippen LogP contribution in [0.15, 0.2) is 194 Å². The molecule has 7 aromatic carbocycles. The first kappa shape index (κ1) is 31.9.